The van der Waals surface area contributed by atoms with Gasteiger partial charge < -0.3 is 10.1 Å². The fourth-order valence-corrected chi connectivity index (χ4v) is 2.20. The predicted molar refractivity (Wildman–Crippen MR) is 89.8 cm³/mol. The van der Waals surface area contributed by atoms with E-state index in [1.54, 1.807) is 6.20 Å². The van der Waals surface area contributed by atoms with E-state index >= 15 is 0 Å². The maximum atomic E-state index is 5.99. The second-order valence-electron chi connectivity index (χ2n) is 6.09. The van der Waals surface area contributed by atoms with Crippen LogP contribution in [0.5, 0.6) is 11.6 Å². The minimum absolute atomic E-state index is 0.0439. The molecule has 0 aliphatic carbocycles. The summed E-state index contributed by atoms with van der Waals surface area (Å²) < 4.78 is 6.94. The van der Waals surface area contributed by atoms with Gasteiger partial charge in [0.25, 0.3) is 0 Å². The molecule has 0 aliphatic heterocycles. The molecular weight excluding hydrogens is 328 g/mol. The summed E-state index contributed by atoms with van der Waals surface area (Å²) in [5.74, 6) is 1.48. The number of ether oxygens (including phenoxy) is 1. The first kappa shape index (κ1) is 16.0. The second kappa shape index (κ2) is 6.58. The molecule has 0 saturated heterocycles. The van der Waals surface area contributed by atoms with E-state index < -0.39 is 0 Å². The molecule has 1 heterocycles. The molecule has 4 heteroatoms. The zero-order chi connectivity index (χ0) is 15.5. The van der Waals surface area contributed by atoms with E-state index in [2.05, 4.69) is 47.0 Å². The number of aryl methyl sites for hydroxylation is 1. The number of para-hydroxylation sites is 1. The molecule has 0 fully saturated rings. The molecule has 0 spiro atoms. The topological polar surface area (TPSA) is 34.1 Å². The quantitative estimate of drug-likeness (QED) is 0.858. The van der Waals surface area contributed by atoms with Crippen LogP contribution in [0.2, 0.25) is 0 Å². The summed E-state index contributed by atoms with van der Waals surface area (Å²) in [6, 6.07) is 9.99. The number of pyridine rings is 1. The van der Waals surface area contributed by atoms with Crippen LogP contribution in [0.3, 0.4) is 0 Å². The van der Waals surface area contributed by atoms with Gasteiger partial charge in [-0.2, -0.15) is 0 Å². The molecule has 2 rings (SSSR count). The lowest BCUT2D eigenvalue weighted by molar-refractivity contribution is 0.408. The van der Waals surface area contributed by atoms with Crippen LogP contribution in [-0.4, -0.2) is 10.5 Å². The van der Waals surface area contributed by atoms with Crippen molar-refractivity contribution in [2.24, 2.45) is 0 Å². The van der Waals surface area contributed by atoms with Crippen molar-refractivity contribution in [3.8, 4) is 11.6 Å². The van der Waals surface area contributed by atoms with Crippen LogP contribution in [0.4, 0.5) is 0 Å². The van der Waals surface area contributed by atoms with Gasteiger partial charge in [-0.25, -0.2) is 4.98 Å². The standard InChI is InChI=1S/C17H21BrN2O/c1-12-7-5-6-8-15(12)21-16-13(9-14(18)11-19-16)10-20-17(2,3)4/h5-9,11,20H,10H2,1-4H3. The Kier molecular flexibility index (Phi) is 5.01. The summed E-state index contributed by atoms with van der Waals surface area (Å²) in [7, 11) is 0. The van der Waals surface area contributed by atoms with Crippen molar-refractivity contribution in [3.05, 3.63) is 52.1 Å². The van der Waals surface area contributed by atoms with Gasteiger partial charge >= 0.3 is 0 Å². The van der Waals surface area contributed by atoms with Crippen LogP contribution in [0.25, 0.3) is 0 Å². The molecule has 3 nitrogen and oxygen atoms in total. The van der Waals surface area contributed by atoms with Gasteiger partial charge in [0.05, 0.1) is 0 Å². The van der Waals surface area contributed by atoms with E-state index in [0.29, 0.717) is 12.4 Å². The Morgan fingerprint density at radius 1 is 1.24 bits per heavy atom. The number of hydrogen-bond donors (Lipinski definition) is 1. The molecule has 0 bridgehead atoms. The smallest absolute Gasteiger partial charge is 0.223 e. The fourth-order valence-electron chi connectivity index (χ4n) is 1.82. The first-order chi connectivity index (χ1) is 9.85. The van der Waals surface area contributed by atoms with Crippen LogP contribution >= 0.6 is 15.9 Å². The molecule has 0 aliphatic rings. The Bertz CT molecular complexity index is 620. The Hall–Kier alpha value is -1.39. The second-order valence-corrected chi connectivity index (χ2v) is 7.00. The van der Waals surface area contributed by atoms with Crippen molar-refractivity contribution in [3.63, 3.8) is 0 Å². The lowest BCUT2D eigenvalue weighted by Crippen LogP contribution is -2.35. The lowest BCUT2D eigenvalue weighted by atomic mass is 10.1. The van der Waals surface area contributed by atoms with Crippen molar-refractivity contribution < 1.29 is 4.74 Å². The summed E-state index contributed by atoms with van der Waals surface area (Å²) in [6.07, 6.45) is 1.76. The number of hydrogen-bond acceptors (Lipinski definition) is 3. The van der Waals surface area contributed by atoms with Crippen molar-refractivity contribution in [2.75, 3.05) is 0 Å². The third-order valence-electron chi connectivity index (χ3n) is 3.00. The van der Waals surface area contributed by atoms with Gasteiger partial charge in [-0.05, 0) is 61.3 Å². The molecule has 0 unspecified atom stereocenters. The zero-order valence-corrected chi connectivity index (χ0v) is 14.5. The molecule has 21 heavy (non-hydrogen) atoms. The van der Waals surface area contributed by atoms with Crippen LogP contribution < -0.4 is 10.1 Å². The van der Waals surface area contributed by atoms with Gasteiger partial charge in [0, 0.05) is 28.3 Å². The monoisotopic (exact) mass is 348 g/mol. The predicted octanol–water partition coefficient (Wildman–Crippen LogP) is 4.83. The van der Waals surface area contributed by atoms with Crippen molar-refractivity contribution in [1.82, 2.24) is 10.3 Å². The highest BCUT2D eigenvalue weighted by molar-refractivity contribution is 9.10. The van der Waals surface area contributed by atoms with E-state index in [1.807, 2.05) is 37.3 Å². The number of nitrogens with one attached hydrogen (secondary N) is 1. The highest BCUT2D eigenvalue weighted by Crippen LogP contribution is 2.27. The molecule has 112 valence electrons. The fraction of sp³-hybridized carbons (Fsp3) is 0.353. The number of nitrogens with zero attached hydrogens (tertiary/aromatic N) is 1. The zero-order valence-electron chi connectivity index (χ0n) is 12.9. The Labute approximate surface area is 134 Å². The van der Waals surface area contributed by atoms with Gasteiger partial charge in [0.15, 0.2) is 0 Å². The van der Waals surface area contributed by atoms with E-state index in [1.165, 1.54) is 0 Å². The summed E-state index contributed by atoms with van der Waals surface area (Å²) in [5, 5.41) is 3.47. The summed E-state index contributed by atoms with van der Waals surface area (Å²) in [4.78, 5) is 4.41. The third kappa shape index (κ3) is 4.83. The van der Waals surface area contributed by atoms with Crippen LogP contribution in [0, 0.1) is 6.92 Å². The maximum Gasteiger partial charge on any atom is 0.223 e. The maximum absolute atomic E-state index is 5.99. The minimum atomic E-state index is 0.0439. The largest absolute Gasteiger partial charge is 0.438 e. The minimum Gasteiger partial charge on any atom is -0.438 e. The summed E-state index contributed by atoms with van der Waals surface area (Å²) in [6.45, 7) is 9.15. The van der Waals surface area contributed by atoms with E-state index in [0.717, 1.165) is 21.3 Å². The van der Waals surface area contributed by atoms with Crippen molar-refractivity contribution >= 4 is 15.9 Å². The summed E-state index contributed by atoms with van der Waals surface area (Å²) >= 11 is 3.47. The summed E-state index contributed by atoms with van der Waals surface area (Å²) in [5.41, 5.74) is 2.17. The van der Waals surface area contributed by atoms with E-state index in [4.69, 9.17) is 4.74 Å². The Morgan fingerprint density at radius 3 is 2.62 bits per heavy atom. The van der Waals surface area contributed by atoms with Crippen LogP contribution in [0.15, 0.2) is 41.0 Å². The molecule has 0 radical (unpaired) electrons. The van der Waals surface area contributed by atoms with Crippen LogP contribution in [-0.2, 0) is 6.54 Å². The van der Waals surface area contributed by atoms with Crippen LogP contribution in [0.1, 0.15) is 31.9 Å². The molecule has 0 atom stereocenters. The number of rotatable bonds is 4. The average molecular weight is 349 g/mol. The van der Waals surface area contributed by atoms with Crippen molar-refractivity contribution in [2.45, 2.75) is 39.8 Å². The van der Waals surface area contributed by atoms with E-state index in [9.17, 15) is 0 Å². The van der Waals surface area contributed by atoms with Gasteiger partial charge in [-0.3, -0.25) is 0 Å². The first-order valence-electron chi connectivity index (χ1n) is 6.98. The van der Waals surface area contributed by atoms with Gasteiger partial charge in [0.2, 0.25) is 5.88 Å². The third-order valence-corrected chi connectivity index (χ3v) is 3.44. The first-order valence-corrected chi connectivity index (χ1v) is 7.77. The molecule has 1 N–H and O–H groups in total. The lowest BCUT2D eigenvalue weighted by Gasteiger charge is -2.21. The van der Waals surface area contributed by atoms with Gasteiger partial charge in [-0.15, -0.1) is 0 Å². The van der Waals surface area contributed by atoms with Crippen molar-refractivity contribution in [1.29, 1.82) is 0 Å². The number of halogens is 1. The molecule has 0 amide bonds. The number of aromatic nitrogens is 1. The highest BCUT2D eigenvalue weighted by Gasteiger charge is 2.13. The SMILES string of the molecule is Cc1ccccc1Oc1ncc(Br)cc1CNC(C)(C)C. The Morgan fingerprint density at radius 2 is 1.95 bits per heavy atom. The average Bonchev–Trinajstić information content (AvgIpc) is 2.40. The molecule has 1 aromatic heterocycles. The normalized spacial score (nSPS) is 11.5. The van der Waals surface area contributed by atoms with Gasteiger partial charge in [-0.1, -0.05) is 18.2 Å². The number of benzene rings is 1. The van der Waals surface area contributed by atoms with E-state index in [-0.39, 0.29) is 5.54 Å². The molecule has 1 aromatic carbocycles. The molecule has 0 saturated carbocycles. The van der Waals surface area contributed by atoms with Gasteiger partial charge in [0.1, 0.15) is 5.75 Å². The highest BCUT2D eigenvalue weighted by atomic mass is 79.9. The molecule has 2 aromatic rings. The Balaban J connectivity index is 2.25. The molecular formula is C17H21BrN2O.